The second-order valence-electron chi connectivity index (χ2n) is 7.19. The van der Waals surface area contributed by atoms with Gasteiger partial charge in [-0.2, -0.15) is 0 Å². The van der Waals surface area contributed by atoms with Crippen molar-refractivity contribution < 1.29 is 9.59 Å². The van der Waals surface area contributed by atoms with E-state index in [9.17, 15) is 9.59 Å². The lowest BCUT2D eigenvalue weighted by Gasteiger charge is -2.38. The van der Waals surface area contributed by atoms with Gasteiger partial charge in [0.2, 0.25) is 11.8 Å². The minimum Gasteiger partial charge on any atom is -0.342 e. The second kappa shape index (κ2) is 8.34. The molecule has 1 aliphatic carbocycles. The van der Waals surface area contributed by atoms with Crippen LogP contribution < -0.4 is 5.73 Å². The minimum absolute atomic E-state index is 0. The first kappa shape index (κ1) is 18.5. The number of hydrogen-bond donors (Lipinski definition) is 1. The highest BCUT2D eigenvalue weighted by Crippen LogP contribution is 2.34. The predicted molar refractivity (Wildman–Crippen MR) is 92.3 cm³/mol. The van der Waals surface area contributed by atoms with Gasteiger partial charge < -0.3 is 15.5 Å². The Hall–Kier alpha value is -0.810. The van der Waals surface area contributed by atoms with Crippen LogP contribution in [0.3, 0.4) is 0 Å². The molecular formula is C17H30ClN3O2. The SMILES string of the molecule is Cl.NC1CCN(C(=O)C2CCCCC2C(=O)N2CCCC2)CC1. The summed E-state index contributed by atoms with van der Waals surface area (Å²) >= 11 is 0. The average molecular weight is 344 g/mol. The molecule has 2 N–H and O–H groups in total. The number of likely N-dealkylation sites (tertiary alicyclic amines) is 2. The summed E-state index contributed by atoms with van der Waals surface area (Å²) in [7, 11) is 0. The molecule has 2 atom stereocenters. The summed E-state index contributed by atoms with van der Waals surface area (Å²) in [5.41, 5.74) is 5.94. The highest BCUT2D eigenvalue weighted by Gasteiger charge is 2.40. The maximum atomic E-state index is 12.9. The Bertz CT molecular complexity index is 418. The monoisotopic (exact) mass is 343 g/mol. The second-order valence-corrected chi connectivity index (χ2v) is 7.19. The Morgan fingerprint density at radius 1 is 0.696 bits per heavy atom. The molecule has 1 saturated carbocycles. The fourth-order valence-corrected chi connectivity index (χ4v) is 4.25. The van der Waals surface area contributed by atoms with Gasteiger partial charge in [-0.25, -0.2) is 0 Å². The Balaban J connectivity index is 0.00000192. The molecule has 0 radical (unpaired) electrons. The van der Waals surface area contributed by atoms with Gasteiger partial charge in [-0.3, -0.25) is 9.59 Å². The fourth-order valence-electron chi connectivity index (χ4n) is 4.25. The number of carbonyl (C=O) groups is 2. The molecule has 2 heterocycles. The number of amides is 2. The predicted octanol–water partition coefficient (Wildman–Crippen LogP) is 1.79. The third-order valence-corrected chi connectivity index (χ3v) is 5.67. The van der Waals surface area contributed by atoms with E-state index in [0.717, 1.165) is 77.5 Å². The van der Waals surface area contributed by atoms with Crippen molar-refractivity contribution in [2.45, 2.75) is 57.4 Å². The molecule has 23 heavy (non-hydrogen) atoms. The summed E-state index contributed by atoms with van der Waals surface area (Å²) in [6.45, 7) is 3.30. The largest absolute Gasteiger partial charge is 0.342 e. The summed E-state index contributed by atoms with van der Waals surface area (Å²) in [4.78, 5) is 29.6. The quantitative estimate of drug-likeness (QED) is 0.831. The van der Waals surface area contributed by atoms with Crippen LogP contribution in [0.4, 0.5) is 0 Å². The van der Waals surface area contributed by atoms with Gasteiger partial charge in [0.25, 0.3) is 0 Å². The smallest absolute Gasteiger partial charge is 0.226 e. The zero-order valence-corrected chi connectivity index (χ0v) is 14.7. The Morgan fingerprint density at radius 2 is 1.13 bits per heavy atom. The van der Waals surface area contributed by atoms with Crippen LogP contribution in [0.2, 0.25) is 0 Å². The first-order valence-corrected chi connectivity index (χ1v) is 9.00. The number of nitrogens with two attached hydrogens (primary N) is 1. The highest BCUT2D eigenvalue weighted by molar-refractivity contribution is 5.88. The molecule has 3 fully saturated rings. The van der Waals surface area contributed by atoms with Crippen molar-refractivity contribution >= 4 is 24.2 Å². The lowest BCUT2D eigenvalue weighted by atomic mass is 9.77. The van der Waals surface area contributed by atoms with Crippen molar-refractivity contribution in [2.75, 3.05) is 26.2 Å². The van der Waals surface area contributed by atoms with E-state index in [4.69, 9.17) is 5.73 Å². The number of rotatable bonds is 2. The Labute approximate surface area is 145 Å². The molecule has 0 bridgehead atoms. The van der Waals surface area contributed by atoms with Crippen molar-refractivity contribution in [3.8, 4) is 0 Å². The molecule has 0 spiro atoms. The fraction of sp³-hybridized carbons (Fsp3) is 0.882. The van der Waals surface area contributed by atoms with Crippen LogP contribution in [-0.2, 0) is 9.59 Å². The molecule has 5 nitrogen and oxygen atoms in total. The van der Waals surface area contributed by atoms with Gasteiger partial charge in [-0.05, 0) is 38.5 Å². The maximum Gasteiger partial charge on any atom is 0.226 e. The van der Waals surface area contributed by atoms with Crippen LogP contribution in [0.25, 0.3) is 0 Å². The topological polar surface area (TPSA) is 66.6 Å². The van der Waals surface area contributed by atoms with E-state index in [1.165, 1.54) is 0 Å². The van der Waals surface area contributed by atoms with Crippen LogP contribution in [0.15, 0.2) is 0 Å². The zero-order valence-electron chi connectivity index (χ0n) is 13.9. The molecule has 2 aliphatic heterocycles. The normalized spacial score (nSPS) is 29.3. The molecule has 2 unspecified atom stereocenters. The van der Waals surface area contributed by atoms with E-state index in [0.29, 0.717) is 0 Å². The Morgan fingerprint density at radius 3 is 1.61 bits per heavy atom. The van der Waals surface area contributed by atoms with Crippen LogP contribution in [-0.4, -0.2) is 53.8 Å². The molecule has 0 aromatic heterocycles. The molecule has 3 rings (SSSR count). The number of piperidine rings is 1. The summed E-state index contributed by atoms with van der Waals surface area (Å²) in [6.07, 6.45) is 7.94. The average Bonchev–Trinajstić information content (AvgIpc) is 3.09. The van der Waals surface area contributed by atoms with E-state index in [1.807, 2.05) is 9.80 Å². The van der Waals surface area contributed by atoms with E-state index in [2.05, 4.69) is 0 Å². The Kier molecular flexibility index (Phi) is 6.72. The van der Waals surface area contributed by atoms with Gasteiger partial charge in [0, 0.05) is 44.1 Å². The van der Waals surface area contributed by atoms with Gasteiger partial charge in [-0.1, -0.05) is 12.8 Å². The molecule has 0 aromatic rings. The number of carbonyl (C=O) groups excluding carboxylic acids is 2. The highest BCUT2D eigenvalue weighted by atomic mass is 35.5. The van der Waals surface area contributed by atoms with Crippen LogP contribution in [0.1, 0.15) is 51.4 Å². The van der Waals surface area contributed by atoms with Gasteiger partial charge in [0.05, 0.1) is 0 Å². The van der Waals surface area contributed by atoms with Crippen LogP contribution >= 0.6 is 12.4 Å². The molecule has 6 heteroatoms. The van der Waals surface area contributed by atoms with Crippen molar-refractivity contribution in [1.29, 1.82) is 0 Å². The number of hydrogen-bond acceptors (Lipinski definition) is 3. The molecule has 0 aromatic carbocycles. The minimum atomic E-state index is -0.0869. The lowest BCUT2D eigenvalue weighted by molar-refractivity contribution is -0.148. The van der Waals surface area contributed by atoms with Crippen LogP contribution in [0, 0.1) is 11.8 Å². The first-order valence-electron chi connectivity index (χ1n) is 9.00. The zero-order chi connectivity index (χ0) is 15.5. The van der Waals surface area contributed by atoms with Crippen LogP contribution in [0.5, 0.6) is 0 Å². The summed E-state index contributed by atoms with van der Waals surface area (Å²) in [5, 5.41) is 0. The molecule has 2 amide bonds. The number of nitrogens with zero attached hydrogens (tertiary/aromatic N) is 2. The van der Waals surface area contributed by atoms with Gasteiger partial charge >= 0.3 is 0 Å². The summed E-state index contributed by atoms with van der Waals surface area (Å²) < 4.78 is 0. The molecule has 132 valence electrons. The van der Waals surface area contributed by atoms with Crippen molar-refractivity contribution in [3.05, 3.63) is 0 Å². The molecule has 3 aliphatic rings. The third kappa shape index (κ3) is 4.18. The van der Waals surface area contributed by atoms with E-state index in [-0.39, 0.29) is 42.1 Å². The van der Waals surface area contributed by atoms with Crippen molar-refractivity contribution in [2.24, 2.45) is 17.6 Å². The number of halogens is 1. The first-order chi connectivity index (χ1) is 10.7. The molecular weight excluding hydrogens is 314 g/mol. The van der Waals surface area contributed by atoms with Gasteiger partial charge in [0.15, 0.2) is 0 Å². The maximum absolute atomic E-state index is 12.9. The van der Waals surface area contributed by atoms with Crippen molar-refractivity contribution in [3.63, 3.8) is 0 Å². The van der Waals surface area contributed by atoms with Crippen molar-refractivity contribution in [1.82, 2.24) is 9.80 Å². The van der Waals surface area contributed by atoms with E-state index < -0.39 is 0 Å². The standard InChI is InChI=1S/C17H29N3O2.ClH/c18-13-7-11-20(12-8-13)17(22)15-6-2-1-5-14(15)16(21)19-9-3-4-10-19;/h13-15H,1-12,18H2;1H. The summed E-state index contributed by atoms with van der Waals surface area (Å²) in [6, 6.07) is 0.234. The third-order valence-electron chi connectivity index (χ3n) is 5.67. The van der Waals surface area contributed by atoms with E-state index >= 15 is 0 Å². The van der Waals surface area contributed by atoms with Gasteiger partial charge in [-0.15, -0.1) is 12.4 Å². The van der Waals surface area contributed by atoms with E-state index in [1.54, 1.807) is 0 Å². The summed E-state index contributed by atoms with van der Waals surface area (Å²) in [5.74, 6) is 0.291. The molecule has 2 saturated heterocycles. The lowest BCUT2D eigenvalue weighted by Crippen LogP contribution is -2.49. The van der Waals surface area contributed by atoms with Gasteiger partial charge in [0.1, 0.15) is 0 Å².